The van der Waals surface area contributed by atoms with Gasteiger partial charge in [0.05, 0.1) is 0 Å². The number of nitrogens with zero attached hydrogens (tertiary/aromatic N) is 2. The molecule has 2 heterocycles. The molecule has 8 heteroatoms. The molecule has 2 aliphatic heterocycles. The third-order valence-electron chi connectivity index (χ3n) is 6.28. The number of carbonyl (C=O) groups excluding carboxylic acids is 3. The maximum Gasteiger partial charge on any atom is 0.325 e. The first-order chi connectivity index (χ1) is 15.9. The number of urea groups is 1. The maximum atomic E-state index is 14.3. The number of hydrogen-bond donors (Lipinski definition) is 1. The van der Waals surface area contributed by atoms with Gasteiger partial charge in [0.1, 0.15) is 23.3 Å². The Balaban J connectivity index is 1.41. The minimum absolute atomic E-state index is 0.381. The molecule has 3 aromatic rings. The highest BCUT2D eigenvalue weighted by Gasteiger charge is 2.50. The molecule has 0 radical (unpaired) electrons. The fourth-order valence-corrected chi connectivity index (χ4v) is 5.87. The third-order valence-corrected chi connectivity index (χ3v) is 7.52. The van der Waals surface area contributed by atoms with Crippen molar-refractivity contribution >= 4 is 40.4 Å². The molecule has 0 saturated carbocycles. The molecule has 0 bridgehead atoms. The molecule has 0 spiro atoms. The molecule has 2 aliphatic rings. The van der Waals surface area contributed by atoms with Crippen molar-refractivity contribution in [1.29, 1.82) is 0 Å². The van der Waals surface area contributed by atoms with Gasteiger partial charge in [-0.2, -0.15) is 0 Å². The van der Waals surface area contributed by atoms with E-state index in [9.17, 15) is 18.8 Å². The van der Waals surface area contributed by atoms with Gasteiger partial charge in [0.25, 0.3) is 5.91 Å². The summed E-state index contributed by atoms with van der Waals surface area (Å²) in [5, 5.41) is 4.12. The van der Waals surface area contributed by atoms with Crippen molar-refractivity contribution in [2.24, 2.45) is 0 Å². The number of nitrogens with one attached hydrogen (secondary N) is 1. The standard InChI is InChI=1S/C25H22FN3O3S/c1-25(19-11-6-8-16-7-2-3-9-17(16)19)23(31)29(24(32)27-25)15-21(30)28-13-14-33-22(28)18-10-4-5-12-20(18)26/h2-12,22H,13-15H2,1H3,(H,27,32)/t22-,25-/m1/s1. The lowest BCUT2D eigenvalue weighted by molar-refractivity contribution is -0.139. The van der Waals surface area contributed by atoms with Crippen molar-refractivity contribution < 1.29 is 18.8 Å². The van der Waals surface area contributed by atoms with Crippen molar-refractivity contribution in [2.45, 2.75) is 17.8 Å². The van der Waals surface area contributed by atoms with E-state index in [1.165, 1.54) is 22.7 Å². The smallest absolute Gasteiger partial charge is 0.324 e. The fourth-order valence-electron chi connectivity index (χ4n) is 4.57. The second-order valence-corrected chi connectivity index (χ2v) is 9.49. The van der Waals surface area contributed by atoms with E-state index in [1.54, 1.807) is 25.1 Å². The Kier molecular flexibility index (Phi) is 5.32. The number of imide groups is 1. The van der Waals surface area contributed by atoms with Crippen molar-refractivity contribution in [1.82, 2.24) is 15.1 Å². The molecule has 2 saturated heterocycles. The van der Waals surface area contributed by atoms with Crippen LogP contribution in [0.15, 0.2) is 66.7 Å². The largest absolute Gasteiger partial charge is 0.325 e. The molecule has 2 atom stereocenters. The Morgan fingerprint density at radius 1 is 1.09 bits per heavy atom. The zero-order valence-electron chi connectivity index (χ0n) is 18.0. The summed E-state index contributed by atoms with van der Waals surface area (Å²) in [7, 11) is 0. The Morgan fingerprint density at radius 3 is 2.64 bits per heavy atom. The van der Waals surface area contributed by atoms with Gasteiger partial charge >= 0.3 is 6.03 Å². The van der Waals surface area contributed by atoms with E-state index in [1.807, 2.05) is 42.5 Å². The van der Waals surface area contributed by atoms with Crippen molar-refractivity contribution in [3.8, 4) is 0 Å². The van der Waals surface area contributed by atoms with Crippen LogP contribution in [0, 0.1) is 5.82 Å². The van der Waals surface area contributed by atoms with Crippen LogP contribution in [0.3, 0.4) is 0 Å². The molecular weight excluding hydrogens is 441 g/mol. The van der Waals surface area contributed by atoms with Gasteiger partial charge in [-0.05, 0) is 29.3 Å². The molecule has 4 amide bonds. The summed E-state index contributed by atoms with van der Waals surface area (Å²) in [6, 6.07) is 19.0. The van der Waals surface area contributed by atoms with Crippen LogP contribution >= 0.6 is 11.8 Å². The van der Waals surface area contributed by atoms with E-state index >= 15 is 0 Å². The third kappa shape index (κ3) is 3.54. The summed E-state index contributed by atoms with van der Waals surface area (Å²) in [5.41, 5.74) is -0.191. The number of benzene rings is 3. The molecule has 33 heavy (non-hydrogen) atoms. The predicted molar refractivity (Wildman–Crippen MR) is 125 cm³/mol. The molecule has 5 rings (SSSR count). The lowest BCUT2D eigenvalue weighted by Crippen LogP contribution is -2.44. The number of hydrogen-bond acceptors (Lipinski definition) is 4. The summed E-state index contributed by atoms with van der Waals surface area (Å²) in [4.78, 5) is 41.9. The van der Waals surface area contributed by atoms with Gasteiger partial charge in [0.15, 0.2) is 0 Å². The average Bonchev–Trinajstić information content (AvgIpc) is 3.38. The number of thioether (sulfide) groups is 1. The number of halogens is 1. The summed E-state index contributed by atoms with van der Waals surface area (Å²) in [5.74, 6) is -0.600. The summed E-state index contributed by atoms with van der Waals surface area (Å²) < 4.78 is 14.3. The van der Waals surface area contributed by atoms with Crippen LogP contribution in [0.1, 0.15) is 23.4 Å². The molecule has 0 aliphatic carbocycles. The number of carbonyl (C=O) groups is 3. The van der Waals surface area contributed by atoms with Crippen LogP contribution in [0.4, 0.5) is 9.18 Å². The molecule has 3 aromatic carbocycles. The topological polar surface area (TPSA) is 69.7 Å². The highest BCUT2D eigenvalue weighted by atomic mass is 32.2. The van der Waals surface area contributed by atoms with E-state index in [2.05, 4.69) is 5.32 Å². The van der Waals surface area contributed by atoms with Gasteiger partial charge in [0, 0.05) is 17.9 Å². The van der Waals surface area contributed by atoms with Crippen LogP contribution in [-0.4, -0.2) is 46.5 Å². The highest BCUT2D eigenvalue weighted by Crippen LogP contribution is 2.39. The van der Waals surface area contributed by atoms with Crippen LogP contribution in [-0.2, 0) is 15.1 Å². The van der Waals surface area contributed by atoms with Gasteiger partial charge in [-0.1, -0.05) is 60.7 Å². The molecule has 6 nitrogen and oxygen atoms in total. The zero-order chi connectivity index (χ0) is 23.2. The van der Waals surface area contributed by atoms with Gasteiger partial charge in [0.2, 0.25) is 5.91 Å². The Hall–Kier alpha value is -3.39. The maximum absolute atomic E-state index is 14.3. The van der Waals surface area contributed by atoms with Crippen LogP contribution in [0.25, 0.3) is 10.8 Å². The Bertz CT molecular complexity index is 1280. The number of fused-ring (bicyclic) bond motifs is 1. The predicted octanol–water partition coefficient (Wildman–Crippen LogP) is 4.02. The van der Waals surface area contributed by atoms with Gasteiger partial charge in [-0.15, -0.1) is 11.8 Å². The second-order valence-electron chi connectivity index (χ2n) is 8.30. The number of rotatable bonds is 4. The Morgan fingerprint density at radius 2 is 1.82 bits per heavy atom. The van der Waals surface area contributed by atoms with Crippen molar-refractivity contribution in [2.75, 3.05) is 18.8 Å². The average molecular weight is 464 g/mol. The van der Waals surface area contributed by atoms with Crippen LogP contribution in [0.5, 0.6) is 0 Å². The van der Waals surface area contributed by atoms with Gasteiger partial charge in [-0.3, -0.25) is 14.5 Å². The monoisotopic (exact) mass is 463 g/mol. The second kappa shape index (κ2) is 8.19. The normalized spacial score (nSPS) is 22.8. The van der Waals surface area contributed by atoms with Gasteiger partial charge in [-0.25, -0.2) is 9.18 Å². The van der Waals surface area contributed by atoms with E-state index < -0.39 is 29.4 Å². The first-order valence-corrected chi connectivity index (χ1v) is 11.7. The van der Waals surface area contributed by atoms with E-state index in [4.69, 9.17) is 0 Å². The van der Waals surface area contributed by atoms with Crippen molar-refractivity contribution in [3.63, 3.8) is 0 Å². The lowest BCUT2D eigenvalue weighted by Gasteiger charge is -2.27. The highest BCUT2D eigenvalue weighted by molar-refractivity contribution is 7.99. The first-order valence-electron chi connectivity index (χ1n) is 10.7. The van der Waals surface area contributed by atoms with E-state index in [-0.39, 0.29) is 11.7 Å². The SMILES string of the molecule is C[C@]1(c2cccc3ccccc23)NC(=O)N(CC(=O)N2CCS[C@@H]2c2ccccc2F)C1=O. The summed E-state index contributed by atoms with van der Waals surface area (Å²) >= 11 is 1.46. The van der Waals surface area contributed by atoms with E-state index in [0.717, 1.165) is 15.7 Å². The quantitative estimate of drug-likeness (QED) is 0.594. The van der Waals surface area contributed by atoms with Crippen LogP contribution in [0.2, 0.25) is 0 Å². The summed E-state index contributed by atoms with van der Waals surface area (Å²) in [6.45, 7) is 1.69. The molecule has 1 N–H and O–H groups in total. The Labute approximate surface area is 194 Å². The summed E-state index contributed by atoms with van der Waals surface area (Å²) in [6.07, 6.45) is 0. The molecule has 168 valence electrons. The van der Waals surface area contributed by atoms with Crippen molar-refractivity contribution in [3.05, 3.63) is 83.7 Å². The fraction of sp³-hybridized carbons (Fsp3) is 0.240. The lowest BCUT2D eigenvalue weighted by atomic mass is 9.88. The zero-order valence-corrected chi connectivity index (χ0v) is 18.8. The van der Waals surface area contributed by atoms with Gasteiger partial charge < -0.3 is 10.2 Å². The minimum Gasteiger partial charge on any atom is -0.324 e. The van der Waals surface area contributed by atoms with E-state index in [0.29, 0.717) is 23.4 Å². The first kappa shape index (κ1) is 21.5. The molecule has 0 aromatic heterocycles. The molecule has 2 fully saturated rings. The molecule has 0 unspecified atom stereocenters. The van der Waals surface area contributed by atoms with Crippen LogP contribution < -0.4 is 5.32 Å². The minimum atomic E-state index is -1.29. The molecular formula is C25H22FN3O3S. The number of amides is 4.